The first-order chi connectivity index (χ1) is 24.5. The highest BCUT2D eigenvalue weighted by Crippen LogP contribution is 2.54. The molecule has 1 saturated carbocycles. The van der Waals surface area contributed by atoms with E-state index < -0.39 is 17.4 Å². The van der Waals surface area contributed by atoms with Gasteiger partial charge in [0.05, 0.1) is 25.7 Å². The zero-order chi connectivity index (χ0) is 36.5. The van der Waals surface area contributed by atoms with E-state index in [9.17, 15) is 25.2 Å². The highest BCUT2D eigenvalue weighted by Gasteiger charge is 2.54. The molecule has 4 aromatic rings. The van der Waals surface area contributed by atoms with Crippen LogP contribution in [0.15, 0.2) is 67.0 Å². The molecular weight excluding hydrogens is 646 g/mol. The molecule has 51 heavy (non-hydrogen) atoms. The Labute approximate surface area is 300 Å². The van der Waals surface area contributed by atoms with Crippen molar-refractivity contribution < 1.29 is 34.7 Å². The molecule has 7 N–H and O–H groups in total. The zero-order valence-corrected chi connectivity index (χ0v) is 30.0. The molecule has 2 aromatic carbocycles. The number of phenols is 3. The van der Waals surface area contributed by atoms with Gasteiger partial charge in [-0.2, -0.15) is 0 Å². The Bertz CT molecular complexity index is 1740. The van der Waals surface area contributed by atoms with Gasteiger partial charge >= 0.3 is 0 Å². The van der Waals surface area contributed by atoms with E-state index >= 15 is 0 Å². The Morgan fingerprint density at radius 2 is 1.82 bits per heavy atom. The van der Waals surface area contributed by atoms with Crippen molar-refractivity contribution in [3.05, 3.63) is 89.4 Å². The number of H-pyrrole nitrogens is 1. The molecule has 0 saturated heterocycles. The van der Waals surface area contributed by atoms with Gasteiger partial charge in [0.2, 0.25) is 5.75 Å². The van der Waals surface area contributed by atoms with Crippen LogP contribution in [0.5, 0.6) is 28.7 Å². The van der Waals surface area contributed by atoms with Gasteiger partial charge in [-0.1, -0.05) is 26.3 Å². The number of anilines is 1. The van der Waals surface area contributed by atoms with E-state index in [2.05, 4.69) is 29.9 Å². The predicted octanol–water partition coefficient (Wildman–Crippen LogP) is 7.02. The number of nitrogens with one attached hydrogen (secondary N) is 1. The summed E-state index contributed by atoms with van der Waals surface area (Å²) < 4.78 is 11.2. The van der Waals surface area contributed by atoms with E-state index in [1.165, 1.54) is 13.2 Å². The van der Waals surface area contributed by atoms with E-state index in [4.69, 9.17) is 15.2 Å². The molecule has 1 aliphatic carbocycles. The van der Waals surface area contributed by atoms with E-state index in [-0.39, 0.29) is 47.5 Å². The number of pyridine rings is 1. The molecule has 2 aromatic heterocycles. The number of aliphatic hydroxyl groups is 1. The molecule has 0 aliphatic heterocycles. The van der Waals surface area contributed by atoms with Crippen molar-refractivity contribution in [3.8, 4) is 28.7 Å². The first-order valence-corrected chi connectivity index (χ1v) is 18.1. The summed E-state index contributed by atoms with van der Waals surface area (Å²) in [4.78, 5) is 22.4. The summed E-state index contributed by atoms with van der Waals surface area (Å²) in [5.41, 5.74) is 9.02. The van der Waals surface area contributed by atoms with E-state index in [1.54, 1.807) is 30.5 Å². The van der Waals surface area contributed by atoms with Gasteiger partial charge in [0.25, 0.3) is 0 Å². The Kier molecular flexibility index (Phi) is 12.5. The van der Waals surface area contributed by atoms with Gasteiger partial charge in [-0.15, -0.1) is 0 Å². The van der Waals surface area contributed by atoms with Crippen LogP contribution in [-0.4, -0.2) is 56.0 Å². The summed E-state index contributed by atoms with van der Waals surface area (Å²) in [6.07, 6.45) is 8.63. The molecular formula is C41H53N3O7. The first kappa shape index (κ1) is 37.6. The number of hydrogen-bond acceptors (Lipinski definition) is 9. The quantitative estimate of drug-likeness (QED) is 0.0472. The van der Waals surface area contributed by atoms with Gasteiger partial charge in [-0.3, -0.25) is 4.79 Å². The van der Waals surface area contributed by atoms with Crippen LogP contribution < -0.4 is 15.2 Å². The third kappa shape index (κ3) is 8.97. The summed E-state index contributed by atoms with van der Waals surface area (Å²) in [5.74, 6) is -0.0149. The van der Waals surface area contributed by atoms with Crippen molar-refractivity contribution in [2.45, 2.75) is 89.6 Å². The molecule has 0 bridgehead atoms. The van der Waals surface area contributed by atoms with Crippen molar-refractivity contribution in [3.63, 3.8) is 0 Å². The van der Waals surface area contributed by atoms with Crippen LogP contribution in [0, 0.1) is 17.8 Å². The zero-order valence-electron chi connectivity index (χ0n) is 30.0. The van der Waals surface area contributed by atoms with Crippen LogP contribution in [0.3, 0.4) is 0 Å². The average molecular weight is 700 g/mol. The van der Waals surface area contributed by atoms with Gasteiger partial charge in [0.15, 0.2) is 23.0 Å². The molecule has 0 unspecified atom stereocenters. The Hall–Kier alpha value is -4.70. The topological polar surface area (TPSA) is 171 Å². The molecule has 1 fully saturated rings. The lowest BCUT2D eigenvalue weighted by Crippen LogP contribution is -2.49. The number of carbonyl (C=O) groups excluding carboxylic acids is 1. The fourth-order valence-corrected chi connectivity index (χ4v) is 8.06. The number of methoxy groups -OCH3 is 1. The number of nitrogens with two attached hydrogens (primary N) is 1. The number of rotatable bonds is 18. The van der Waals surface area contributed by atoms with Gasteiger partial charge in [0, 0.05) is 29.9 Å². The standard InChI is InChI=1S/C41H53N3O7/c1-26(2)7-6-20-51-37-23-28(21-35(48)40(37)49)12-15-34(47)39(33(46)14-11-27-10-13-32(45)36(22-27)50-3)41(30-16-19-44-38(42)25-30)17-4-8-29(41)24-31-9-5-18-43-31/h5,9-10,13,16,18-19,21-23,25-26,29,33,39,43,45-46,48-49H,4,6-8,11-12,14-15,17,20,24H2,1-3H3,(H2,42,44)/t29-,33+,39+,41+/m0/s1. The van der Waals surface area contributed by atoms with Gasteiger partial charge in [-0.05, 0) is 128 Å². The van der Waals surface area contributed by atoms with Crippen LogP contribution in [0.25, 0.3) is 0 Å². The summed E-state index contributed by atoms with van der Waals surface area (Å²) in [7, 11) is 1.49. The maximum atomic E-state index is 14.8. The Morgan fingerprint density at radius 1 is 1.02 bits per heavy atom. The van der Waals surface area contributed by atoms with Crippen molar-refractivity contribution in [1.29, 1.82) is 0 Å². The highest BCUT2D eigenvalue weighted by atomic mass is 16.5. The minimum atomic E-state index is -1.01. The van der Waals surface area contributed by atoms with Crippen molar-refractivity contribution in [1.82, 2.24) is 9.97 Å². The fourth-order valence-electron chi connectivity index (χ4n) is 8.06. The maximum absolute atomic E-state index is 14.8. The third-order valence-corrected chi connectivity index (χ3v) is 10.5. The number of nitrogen functional groups attached to an aromatic ring is 1. The van der Waals surface area contributed by atoms with Crippen LogP contribution in [0.4, 0.5) is 5.82 Å². The Morgan fingerprint density at radius 3 is 2.55 bits per heavy atom. The minimum Gasteiger partial charge on any atom is -0.504 e. The SMILES string of the molecule is COc1cc(CC[C@@H](O)[C@H](C(=O)CCc2cc(O)c(O)c(OCCCC(C)C)c2)[C@]2(c3ccnc(N)c3)CCC[C@H]2Cc2ccc[nH]2)ccc1O. The molecule has 4 atom stereocenters. The molecule has 2 heterocycles. The van der Waals surface area contributed by atoms with Crippen molar-refractivity contribution in [2.75, 3.05) is 19.5 Å². The van der Waals surface area contributed by atoms with Crippen molar-refractivity contribution in [2.24, 2.45) is 17.8 Å². The summed E-state index contributed by atoms with van der Waals surface area (Å²) >= 11 is 0. The van der Waals surface area contributed by atoms with Crippen molar-refractivity contribution >= 4 is 11.6 Å². The number of ether oxygens (including phenoxy) is 2. The van der Waals surface area contributed by atoms with E-state index in [1.807, 2.05) is 24.4 Å². The maximum Gasteiger partial charge on any atom is 0.200 e. The number of aromatic nitrogens is 2. The van der Waals surface area contributed by atoms with E-state index in [0.717, 1.165) is 42.5 Å². The largest absolute Gasteiger partial charge is 0.504 e. The number of Topliss-reactive ketones (excluding diaryl/α,β-unsaturated/α-hetero) is 1. The van der Waals surface area contributed by atoms with Crippen LogP contribution in [-0.2, 0) is 29.5 Å². The smallest absolute Gasteiger partial charge is 0.200 e. The van der Waals surface area contributed by atoms with Gasteiger partial charge in [-0.25, -0.2) is 4.98 Å². The molecule has 10 nitrogen and oxygen atoms in total. The van der Waals surface area contributed by atoms with Crippen LogP contribution in [0.1, 0.15) is 81.2 Å². The van der Waals surface area contributed by atoms with Gasteiger partial charge in [0.1, 0.15) is 11.6 Å². The number of nitrogens with zero attached hydrogens (tertiary/aromatic N) is 1. The molecule has 274 valence electrons. The molecule has 10 heteroatoms. The lowest BCUT2D eigenvalue weighted by molar-refractivity contribution is -0.131. The number of aryl methyl sites for hydroxylation is 2. The summed E-state index contributed by atoms with van der Waals surface area (Å²) in [5, 5.41) is 43.5. The predicted molar refractivity (Wildman–Crippen MR) is 197 cm³/mol. The number of aromatic amines is 1. The molecule has 5 rings (SSSR count). The minimum absolute atomic E-state index is 0.0267. The molecule has 0 radical (unpaired) electrons. The number of phenolic OH excluding ortho intramolecular Hbond substituents is 3. The second kappa shape index (κ2) is 17.0. The number of hydrogen-bond donors (Lipinski definition) is 6. The summed E-state index contributed by atoms with van der Waals surface area (Å²) in [6.45, 7) is 4.67. The van der Waals surface area contributed by atoms with Gasteiger partial charge < -0.3 is 40.6 Å². The van der Waals surface area contributed by atoms with Crippen LogP contribution in [0.2, 0.25) is 0 Å². The number of carbonyl (C=O) groups is 1. The summed E-state index contributed by atoms with van der Waals surface area (Å²) in [6, 6.07) is 16.1. The second-order valence-corrected chi connectivity index (χ2v) is 14.4. The lowest BCUT2D eigenvalue weighted by atomic mass is 9.59. The monoisotopic (exact) mass is 699 g/mol. The second-order valence-electron chi connectivity index (χ2n) is 14.4. The number of aromatic hydroxyl groups is 3. The molecule has 0 amide bonds. The fraction of sp³-hybridized carbons (Fsp3) is 0.463. The first-order valence-electron chi connectivity index (χ1n) is 18.1. The number of aliphatic hydroxyl groups excluding tert-OH is 1. The Balaban J connectivity index is 1.48. The lowest BCUT2D eigenvalue weighted by Gasteiger charge is -2.44. The molecule has 0 spiro atoms. The average Bonchev–Trinajstić information content (AvgIpc) is 3.78. The van der Waals surface area contributed by atoms with Crippen LogP contribution >= 0.6 is 0 Å². The molecule has 1 aliphatic rings. The normalized spacial score (nSPS) is 18.5. The number of ketones is 1. The number of benzene rings is 2. The third-order valence-electron chi connectivity index (χ3n) is 10.5. The van der Waals surface area contributed by atoms with E-state index in [0.29, 0.717) is 55.3 Å². The highest BCUT2D eigenvalue weighted by molar-refractivity contribution is 5.84.